The molecule has 0 saturated carbocycles. The Kier molecular flexibility index (Phi) is 5.86. The van der Waals surface area contributed by atoms with Crippen molar-refractivity contribution in [3.05, 3.63) is 71.8 Å². The molecule has 1 fully saturated rings. The van der Waals surface area contributed by atoms with Crippen LogP contribution in [0.15, 0.2) is 60.0 Å². The van der Waals surface area contributed by atoms with Crippen molar-refractivity contribution in [1.29, 1.82) is 0 Å². The molecule has 2 aromatic rings. The zero-order chi connectivity index (χ0) is 22.9. The average molecular weight is 469 g/mol. The van der Waals surface area contributed by atoms with E-state index in [2.05, 4.69) is 43.3 Å². The molecule has 33 heavy (non-hydrogen) atoms. The normalized spacial score (nSPS) is 23.0. The Bertz CT molecular complexity index is 1110. The van der Waals surface area contributed by atoms with Gasteiger partial charge in [0, 0.05) is 18.1 Å². The largest absolute Gasteiger partial charge is 0.497 e. The third kappa shape index (κ3) is 4.36. The number of hydrazine groups is 1. The molecule has 1 saturated heterocycles. The second kappa shape index (κ2) is 8.95. The number of hydrogen-bond acceptors (Lipinski definition) is 8. The summed E-state index contributed by atoms with van der Waals surface area (Å²) in [6.07, 6.45) is 4.84. The van der Waals surface area contributed by atoms with Crippen LogP contribution >= 0.6 is 11.8 Å². The van der Waals surface area contributed by atoms with Crippen LogP contribution in [0.5, 0.6) is 5.75 Å². The van der Waals surface area contributed by atoms with Crippen molar-refractivity contribution in [2.75, 3.05) is 18.2 Å². The molecule has 0 bridgehead atoms. The molecule has 3 aliphatic rings. The number of halogens is 1. The Labute approximate surface area is 195 Å². The third-order valence-corrected chi connectivity index (χ3v) is 6.98. The van der Waals surface area contributed by atoms with Crippen LogP contribution in [0.4, 0.5) is 10.1 Å². The summed E-state index contributed by atoms with van der Waals surface area (Å²) in [5.74, 6) is 0.464. The first-order chi connectivity index (χ1) is 16.0. The number of anilines is 1. The smallest absolute Gasteiger partial charge is 0.234 e. The van der Waals surface area contributed by atoms with Crippen LogP contribution in [-0.2, 0) is 4.79 Å². The van der Waals surface area contributed by atoms with Gasteiger partial charge in [0.05, 0.1) is 24.9 Å². The second-order valence-corrected chi connectivity index (χ2v) is 9.08. The number of nitrogens with zero attached hydrogens (tertiary/aromatic N) is 3. The van der Waals surface area contributed by atoms with Crippen LogP contribution in [0.2, 0.25) is 0 Å². The molecule has 1 amide bonds. The molecule has 3 aliphatic heterocycles. The molecular weight excluding hydrogens is 443 g/mol. The van der Waals surface area contributed by atoms with Crippen molar-refractivity contribution < 1.29 is 13.9 Å². The van der Waals surface area contributed by atoms with Crippen LogP contribution in [0.25, 0.3) is 0 Å². The quantitative estimate of drug-likeness (QED) is 0.622. The molecule has 0 aliphatic carbocycles. The van der Waals surface area contributed by atoms with Crippen LogP contribution in [0, 0.1) is 12.7 Å². The zero-order valence-electron chi connectivity index (χ0n) is 18.3. The second-order valence-electron chi connectivity index (χ2n) is 8.14. The minimum absolute atomic E-state index is 0.0255. The lowest BCUT2D eigenvalue weighted by atomic mass is 10.00. The Balaban J connectivity index is 1.17. The van der Waals surface area contributed by atoms with E-state index >= 15 is 0 Å². The highest BCUT2D eigenvalue weighted by atomic mass is 32.2. The molecule has 3 unspecified atom stereocenters. The van der Waals surface area contributed by atoms with Gasteiger partial charge in [0.15, 0.2) is 5.17 Å². The number of carbonyl (C=O) groups excluding carboxylic acids is 1. The molecule has 3 N–H and O–H groups in total. The number of thioether (sulfide) groups is 1. The van der Waals surface area contributed by atoms with E-state index in [1.807, 2.05) is 24.5 Å². The number of nitrogens with one attached hydrogen (secondary N) is 3. The van der Waals surface area contributed by atoms with Gasteiger partial charge in [0.2, 0.25) is 5.91 Å². The van der Waals surface area contributed by atoms with Gasteiger partial charge < -0.3 is 20.0 Å². The number of hydrazone groups is 1. The lowest BCUT2D eigenvalue weighted by Gasteiger charge is -2.36. The van der Waals surface area contributed by atoms with E-state index in [4.69, 9.17) is 4.74 Å². The summed E-state index contributed by atoms with van der Waals surface area (Å²) in [5, 5.41) is 10.0. The van der Waals surface area contributed by atoms with Gasteiger partial charge in [-0.15, -0.1) is 0 Å². The summed E-state index contributed by atoms with van der Waals surface area (Å²) >= 11 is 1.34. The van der Waals surface area contributed by atoms with Gasteiger partial charge in [-0.05, 0) is 48.7 Å². The highest BCUT2D eigenvalue weighted by molar-refractivity contribution is 8.14. The number of hydrogen-bond donors (Lipinski definition) is 3. The SMILES string of the molecule is COc1ccc(C2CC3C4NN=C(SCC(=O)Nc5ccc(C)c(F)c5)N4C=CN3N2)cc1. The molecule has 2 aromatic carbocycles. The Morgan fingerprint density at radius 2 is 2.09 bits per heavy atom. The number of aryl methyl sites for hydroxylation is 1. The maximum absolute atomic E-state index is 13.7. The van der Waals surface area contributed by atoms with E-state index in [1.165, 1.54) is 23.4 Å². The van der Waals surface area contributed by atoms with Crippen LogP contribution in [-0.4, -0.2) is 46.1 Å². The minimum atomic E-state index is -0.339. The summed E-state index contributed by atoms with van der Waals surface area (Å²) < 4.78 is 19.0. The van der Waals surface area contributed by atoms with Crippen molar-refractivity contribution in [3.63, 3.8) is 0 Å². The number of benzene rings is 2. The number of amidine groups is 1. The van der Waals surface area contributed by atoms with Gasteiger partial charge in [0.25, 0.3) is 0 Å². The van der Waals surface area contributed by atoms with Crippen molar-refractivity contribution in [2.24, 2.45) is 5.10 Å². The Morgan fingerprint density at radius 1 is 1.27 bits per heavy atom. The van der Waals surface area contributed by atoms with Gasteiger partial charge >= 0.3 is 0 Å². The summed E-state index contributed by atoms with van der Waals surface area (Å²) in [4.78, 5) is 14.4. The van der Waals surface area contributed by atoms with E-state index < -0.39 is 0 Å². The van der Waals surface area contributed by atoms with E-state index in [1.54, 1.807) is 26.2 Å². The maximum atomic E-state index is 13.7. The van der Waals surface area contributed by atoms with Crippen LogP contribution < -0.4 is 20.9 Å². The van der Waals surface area contributed by atoms with E-state index in [9.17, 15) is 9.18 Å². The molecule has 10 heteroatoms. The number of ether oxygens (including phenoxy) is 1. The summed E-state index contributed by atoms with van der Waals surface area (Å²) in [7, 11) is 1.66. The fourth-order valence-electron chi connectivity index (χ4n) is 4.20. The molecule has 3 atom stereocenters. The fraction of sp³-hybridized carbons (Fsp3) is 0.304. The van der Waals surface area contributed by atoms with E-state index in [-0.39, 0.29) is 35.7 Å². The van der Waals surface area contributed by atoms with E-state index in [0.29, 0.717) is 11.3 Å². The molecule has 0 aromatic heterocycles. The van der Waals surface area contributed by atoms with Crippen LogP contribution in [0.3, 0.4) is 0 Å². The first kappa shape index (κ1) is 21.6. The number of carbonyl (C=O) groups is 1. The number of methoxy groups -OCH3 is 1. The van der Waals surface area contributed by atoms with Gasteiger partial charge in [0.1, 0.15) is 17.7 Å². The number of amides is 1. The predicted octanol–water partition coefficient (Wildman–Crippen LogP) is 3.12. The van der Waals surface area contributed by atoms with Gasteiger partial charge in [-0.1, -0.05) is 30.0 Å². The first-order valence-electron chi connectivity index (χ1n) is 10.7. The first-order valence-corrected chi connectivity index (χ1v) is 11.7. The number of fused-ring (bicyclic) bond motifs is 3. The van der Waals surface area contributed by atoms with Crippen LogP contribution in [0.1, 0.15) is 23.6 Å². The molecule has 5 rings (SSSR count). The third-order valence-electron chi connectivity index (χ3n) is 6.01. The molecular formula is C23H25FN6O2S. The predicted molar refractivity (Wildman–Crippen MR) is 127 cm³/mol. The van der Waals surface area contributed by atoms with Crippen molar-refractivity contribution in [3.8, 4) is 5.75 Å². The molecule has 0 radical (unpaired) electrons. The summed E-state index contributed by atoms with van der Waals surface area (Å²) in [6.45, 7) is 1.69. The van der Waals surface area contributed by atoms with Gasteiger partial charge in [-0.2, -0.15) is 5.10 Å². The van der Waals surface area contributed by atoms with Gasteiger partial charge in [-0.25, -0.2) is 9.82 Å². The Hall–Kier alpha value is -3.24. The lowest BCUT2D eigenvalue weighted by Crippen LogP contribution is -2.54. The highest BCUT2D eigenvalue weighted by Crippen LogP contribution is 2.35. The number of rotatable bonds is 5. The zero-order valence-corrected chi connectivity index (χ0v) is 19.1. The molecule has 172 valence electrons. The fourth-order valence-corrected chi connectivity index (χ4v) is 4.97. The maximum Gasteiger partial charge on any atom is 0.234 e. The standard InChI is InChI=1S/C23H25FN6O2S/c1-14-3-6-16(11-18(14)24)25-21(31)13-33-23-27-26-22-20-12-19(28-30(20)10-9-29(22)23)15-4-7-17(32-2)8-5-15/h3-11,19-20,22,26,28H,12-13H2,1-2H3,(H,25,31). The van der Waals surface area contributed by atoms with Crippen molar-refractivity contribution in [1.82, 2.24) is 20.8 Å². The van der Waals surface area contributed by atoms with Gasteiger partial charge in [-0.3, -0.25) is 10.2 Å². The van der Waals surface area contributed by atoms with Crippen molar-refractivity contribution >= 4 is 28.5 Å². The highest BCUT2D eigenvalue weighted by Gasteiger charge is 2.44. The Morgan fingerprint density at radius 3 is 2.85 bits per heavy atom. The van der Waals surface area contributed by atoms with Crippen molar-refractivity contribution in [2.45, 2.75) is 31.6 Å². The monoisotopic (exact) mass is 468 g/mol. The minimum Gasteiger partial charge on any atom is -0.497 e. The lowest BCUT2D eigenvalue weighted by molar-refractivity contribution is -0.113. The molecule has 8 nitrogen and oxygen atoms in total. The summed E-state index contributed by atoms with van der Waals surface area (Å²) in [6, 6.07) is 13.1. The average Bonchev–Trinajstić information content (AvgIpc) is 3.44. The molecule has 0 spiro atoms. The summed E-state index contributed by atoms with van der Waals surface area (Å²) in [5.41, 5.74) is 8.95. The topological polar surface area (TPSA) is 81.2 Å². The van der Waals surface area contributed by atoms with E-state index in [0.717, 1.165) is 17.3 Å². The molecule has 3 heterocycles.